The largest absolute Gasteiger partial charge is 0.361 e. The van der Waals surface area contributed by atoms with E-state index in [9.17, 15) is 4.79 Å². The molecule has 0 unspecified atom stereocenters. The average molecular weight is 302 g/mol. The van der Waals surface area contributed by atoms with Crippen molar-refractivity contribution in [3.8, 4) is 0 Å². The molecule has 18 heavy (non-hydrogen) atoms. The molecule has 2 aromatic carbocycles. The molecule has 2 rings (SSSR count). The van der Waals surface area contributed by atoms with E-state index >= 15 is 0 Å². The number of anilines is 1. The molecule has 0 aliphatic rings. The standard InChI is InChI=1S/C15H12BrNO/c16-13-8-4-5-9-14(13)17-11-10-15(18)12-6-2-1-3-7-12/h1-11,17H/b11-10+. The van der Waals surface area contributed by atoms with E-state index in [4.69, 9.17) is 0 Å². The summed E-state index contributed by atoms with van der Waals surface area (Å²) in [5, 5.41) is 3.07. The van der Waals surface area contributed by atoms with E-state index in [1.807, 2.05) is 42.5 Å². The molecular formula is C15H12BrNO. The number of halogens is 1. The summed E-state index contributed by atoms with van der Waals surface area (Å²) in [5.41, 5.74) is 1.61. The number of ketones is 1. The van der Waals surface area contributed by atoms with Crippen LogP contribution in [0.2, 0.25) is 0 Å². The quantitative estimate of drug-likeness (QED) is 0.675. The van der Waals surface area contributed by atoms with Gasteiger partial charge in [0.2, 0.25) is 0 Å². The van der Waals surface area contributed by atoms with Gasteiger partial charge in [-0.2, -0.15) is 0 Å². The number of carbonyl (C=O) groups excluding carboxylic acids is 1. The number of allylic oxidation sites excluding steroid dienone is 1. The first kappa shape index (κ1) is 12.6. The second kappa shape index (κ2) is 6.17. The molecule has 90 valence electrons. The third-order valence-corrected chi connectivity index (χ3v) is 3.10. The Hall–Kier alpha value is -1.87. The summed E-state index contributed by atoms with van der Waals surface area (Å²) in [4.78, 5) is 11.8. The summed E-state index contributed by atoms with van der Waals surface area (Å²) >= 11 is 3.43. The van der Waals surface area contributed by atoms with E-state index in [0.717, 1.165) is 10.2 Å². The summed E-state index contributed by atoms with van der Waals surface area (Å²) < 4.78 is 0.960. The van der Waals surface area contributed by atoms with Crippen molar-refractivity contribution in [2.75, 3.05) is 5.32 Å². The first-order chi connectivity index (χ1) is 8.77. The fourth-order valence-corrected chi connectivity index (χ4v) is 1.88. The first-order valence-electron chi connectivity index (χ1n) is 5.54. The molecule has 0 aliphatic carbocycles. The van der Waals surface area contributed by atoms with Crippen LogP contribution in [-0.2, 0) is 0 Å². The highest BCUT2D eigenvalue weighted by Crippen LogP contribution is 2.20. The molecule has 1 N–H and O–H groups in total. The van der Waals surface area contributed by atoms with Gasteiger partial charge in [-0.1, -0.05) is 42.5 Å². The van der Waals surface area contributed by atoms with Crippen molar-refractivity contribution in [1.29, 1.82) is 0 Å². The zero-order chi connectivity index (χ0) is 12.8. The van der Waals surface area contributed by atoms with E-state index in [1.54, 1.807) is 18.3 Å². The van der Waals surface area contributed by atoms with Crippen molar-refractivity contribution in [3.05, 3.63) is 76.9 Å². The molecule has 0 bridgehead atoms. The molecule has 3 heteroatoms. The zero-order valence-corrected chi connectivity index (χ0v) is 11.2. The highest BCUT2D eigenvalue weighted by Gasteiger charge is 1.99. The number of carbonyl (C=O) groups is 1. The monoisotopic (exact) mass is 301 g/mol. The van der Waals surface area contributed by atoms with E-state index in [-0.39, 0.29) is 5.78 Å². The molecule has 2 aromatic rings. The van der Waals surface area contributed by atoms with Crippen LogP contribution in [0.25, 0.3) is 0 Å². The van der Waals surface area contributed by atoms with Crippen molar-refractivity contribution in [1.82, 2.24) is 0 Å². The van der Waals surface area contributed by atoms with Gasteiger partial charge in [-0.3, -0.25) is 4.79 Å². The lowest BCUT2D eigenvalue weighted by atomic mass is 10.1. The van der Waals surface area contributed by atoms with Gasteiger partial charge >= 0.3 is 0 Å². The van der Waals surface area contributed by atoms with E-state index in [2.05, 4.69) is 21.2 Å². The molecule has 0 aliphatic heterocycles. The Bertz CT molecular complexity index is 564. The number of hydrogen-bond acceptors (Lipinski definition) is 2. The second-order valence-corrected chi connectivity index (χ2v) is 4.54. The summed E-state index contributed by atoms with van der Waals surface area (Å²) in [6.07, 6.45) is 3.17. The van der Waals surface area contributed by atoms with Crippen LogP contribution >= 0.6 is 15.9 Å². The summed E-state index contributed by atoms with van der Waals surface area (Å²) in [5.74, 6) is -0.0184. The number of rotatable bonds is 4. The lowest BCUT2D eigenvalue weighted by Gasteiger charge is -2.02. The third-order valence-electron chi connectivity index (χ3n) is 2.41. The maximum atomic E-state index is 11.8. The molecule has 0 saturated carbocycles. The Kier molecular flexibility index (Phi) is 4.31. The number of hydrogen-bond donors (Lipinski definition) is 1. The van der Waals surface area contributed by atoms with Crippen LogP contribution in [0.15, 0.2) is 71.3 Å². The van der Waals surface area contributed by atoms with Gasteiger partial charge in [-0.25, -0.2) is 0 Å². The van der Waals surface area contributed by atoms with Crippen LogP contribution in [0.4, 0.5) is 5.69 Å². The molecule has 0 saturated heterocycles. The van der Waals surface area contributed by atoms with Crippen LogP contribution in [0.3, 0.4) is 0 Å². The minimum Gasteiger partial charge on any atom is -0.361 e. The van der Waals surface area contributed by atoms with E-state index in [1.165, 1.54) is 6.08 Å². The maximum absolute atomic E-state index is 11.8. The van der Waals surface area contributed by atoms with E-state index < -0.39 is 0 Å². The topological polar surface area (TPSA) is 29.1 Å². The SMILES string of the molecule is O=C(/C=C/Nc1ccccc1Br)c1ccccc1. The van der Waals surface area contributed by atoms with Crippen LogP contribution in [0.5, 0.6) is 0 Å². The molecule has 0 amide bonds. The zero-order valence-electron chi connectivity index (χ0n) is 9.64. The van der Waals surface area contributed by atoms with Gasteiger partial charge in [-0.15, -0.1) is 0 Å². The van der Waals surface area contributed by atoms with Crippen LogP contribution < -0.4 is 5.32 Å². The Morgan fingerprint density at radius 2 is 1.67 bits per heavy atom. The molecular weight excluding hydrogens is 290 g/mol. The average Bonchev–Trinajstić information content (AvgIpc) is 2.42. The van der Waals surface area contributed by atoms with Crippen molar-refractivity contribution in [2.24, 2.45) is 0 Å². The van der Waals surface area contributed by atoms with Crippen LogP contribution in [0, 0.1) is 0 Å². The second-order valence-electron chi connectivity index (χ2n) is 3.69. The lowest BCUT2D eigenvalue weighted by Crippen LogP contribution is -1.96. The van der Waals surface area contributed by atoms with Gasteiger partial charge < -0.3 is 5.32 Å². The van der Waals surface area contributed by atoms with Crippen LogP contribution in [0.1, 0.15) is 10.4 Å². The fourth-order valence-electron chi connectivity index (χ4n) is 1.48. The van der Waals surface area contributed by atoms with Gasteiger partial charge in [0.05, 0.1) is 5.69 Å². The van der Waals surface area contributed by atoms with Gasteiger partial charge in [0, 0.05) is 22.3 Å². The molecule has 0 atom stereocenters. The number of para-hydroxylation sites is 1. The minimum absolute atomic E-state index is 0.0184. The van der Waals surface area contributed by atoms with Crippen molar-refractivity contribution >= 4 is 27.4 Å². The molecule has 0 aromatic heterocycles. The fraction of sp³-hybridized carbons (Fsp3) is 0. The van der Waals surface area contributed by atoms with Gasteiger partial charge in [-0.05, 0) is 28.1 Å². The predicted octanol–water partition coefficient (Wildman–Crippen LogP) is 4.26. The molecule has 2 nitrogen and oxygen atoms in total. The molecule has 0 radical (unpaired) electrons. The Morgan fingerprint density at radius 3 is 2.39 bits per heavy atom. The smallest absolute Gasteiger partial charge is 0.187 e. The predicted molar refractivity (Wildman–Crippen MR) is 77.7 cm³/mol. The van der Waals surface area contributed by atoms with Gasteiger partial charge in [0.15, 0.2) is 5.78 Å². The Labute approximate surface area is 114 Å². The Balaban J connectivity index is 2.01. The van der Waals surface area contributed by atoms with Gasteiger partial charge in [0.25, 0.3) is 0 Å². The highest BCUT2D eigenvalue weighted by molar-refractivity contribution is 9.10. The summed E-state index contributed by atoms with van der Waals surface area (Å²) in [6, 6.07) is 16.9. The van der Waals surface area contributed by atoms with Crippen molar-refractivity contribution < 1.29 is 4.79 Å². The minimum atomic E-state index is -0.0184. The molecule has 0 fully saturated rings. The summed E-state index contributed by atoms with van der Waals surface area (Å²) in [7, 11) is 0. The summed E-state index contributed by atoms with van der Waals surface area (Å²) in [6.45, 7) is 0. The van der Waals surface area contributed by atoms with Crippen molar-refractivity contribution in [2.45, 2.75) is 0 Å². The lowest BCUT2D eigenvalue weighted by molar-refractivity contribution is 0.104. The first-order valence-corrected chi connectivity index (χ1v) is 6.33. The number of benzene rings is 2. The Morgan fingerprint density at radius 1 is 1.00 bits per heavy atom. The molecule has 0 heterocycles. The van der Waals surface area contributed by atoms with E-state index in [0.29, 0.717) is 5.56 Å². The molecule has 0 spiro atoms. The van der Waals surface area contributed by atoms with Crippen LogP contribution in [-0.4, -0.2) is 5.78 Å². The normalized spacial score (nSPS) is 10.5. The third kappa shape index (κ3) is 3.31. The number of nitrogens with one attached hydrogen (secondary N) is 1. The van der Waals surface area contributed by atoms with Gasteiger partial charge in [0.1, 0.15) is 0 Å². The van der Waals surface area contributed by atoms with Crippen molar-refractivity contribution in [3.63, 3.8) is 0 Å². The highest BCUT2D eigenvalue weighted by atomic mass is 79.9. The maximum Gasteiger partial charge on any atom is 0.187 e.